The van der Waals surface area contributed by atoms with Crippen LogP contribution in [0, 0.1) is 11.3 Å². The SMILES string of the molecule is CC1CCC2(CC1)CN(C(C)C(=O)O)C2=O. The van der Waals surface area contributed by atoms with Crippen molar-refractivity contribution in [2.24, 2.45) is 11.3 Å². The van der Waals surface area contributed by atoms with Gasteiger partial charge < -0.3 is 10.0 Å². The van der Waals surface area contributed by atoms with E-state index in [2.05, 4.69) is 6.92 Å². The van der Waals surface area contributed by atoms with Crippen molar-refractivity contribution in [2.75, 3.05) is 6.54 Å². The molecule has 1 aliphatic carbocycles. The first-order valence-electron chi connectivity index (χ1n) is 6.00. The Balaban J connectivity index is 1.99. The van der Waals surface area contributed by atoms with E-state index in [1.807, 2.05) is 0 Å². The summed E-state index contributed by atoms with van der Waals surface area (Å²) in [5.74, 6) is -0.133. The summed E-state index contributed by atoms with van der Waals surface area (Å²) in [6, 6.07) is -0.669. The van der Waals surface area contributed by atoms with Crippen molar-refractivity contribution in [3.05, 3.63) is 0 Å². The summed E-state index contributed by atoms with van der Waals surface area (Å²) in [5.41, 5.74) is -0.198. The molecule has 1 saturated heterocycles. The standard InChI is InChI=1S/C12H19NO3/c1-8-3-5-12(6-4-8)7-13(11(12)16)9(2)10(14)15/h8-9H,3-7H2,1-2H3,(H,14,15). The molecule has 2 rings (SSSR count). The van der Waals surface area contributed by atoms with Gasteiger partial charge in [0.25, 0.3) is 0 Å². The van der Waals surface area contributed by atoms with Crippen molar-refractivity contribution < 1.29 is 14.7 Å². The quantitative estimate of drug-likeness (QED) is 0.724. The fourth-order valence-electron chi connectivity index (χ4n) is 2.81. The Bertz CT molecular complexity index is 318. The first-order valence-corrected chi connectivity index (χ1v) is 6.00. The molecule has 0 aromatic rings. The minimum atomic E-state index is -0.910. The summed E-state index contributed by atoms with van der Waals surface area (Å²) in [7, 11) is 0. The molecule has 0 aromatic carbocycles. The zero-order chi connectivity index (χ0) is 11.9. The van der Waals surface area contributed by atoms with Crippen molar-refractivity contribution >= 4 is 11.9 Å². The van der Waals surface area contributed by atoms with Crippen LogP contribution in [0.3, 0.4) is 0 Å². The number of likely N-dealkylation sites (tertiary alicyclic amines) is 1. The molecule has 1 atom stereocenters. The van der Waals surface area contributed by atoms with Crippen LogP contribution >= 0.6 is 0 Å². The molecule has 2 fully saturated rings. The van der Waals surface area contributed by atoms with Crippen molar-refractivity contribution in [1.29, 1.82) is 0 Å². The summed E-state index contributed by atoms with van der Waals surface area (Å²) in [6.45, 7) is 4.44. The summed E-state index contributed by atoms with van der Waals surface area (Å²) in [4.78, 5) is 24.4. The second-order valence-corrected chi connectivity index (χ2v) is 5.41. The van der Waals surface area contributed by atoms with Crippen LogP contribution in [0.25, 0.3) is 0 Å². The molecule has 90 valence electrons. The second-order valence-electron chi connectivity index (χ2n) is 5.41. The lowest BCUT2D eigenvalue weighted by Gasteiger charge is -2.53. The van der Waals surface area contributed by atoms with E-state index in [0.717, 1.165) is 25.7 Å². The van der Waals surface area contributed by atoms with E-state index in [0.29, 0.717) is 12.5 Å². The van der Waals surface area contributed by atoms with Gasteiger partial charge in [0.2, 0.25) is 5.91 Å². The average molecular weight is 225 g/mol. The van der Waals surface area contributed by atoms with Crippen LogP contribution in [-0.4, -0.2) is 34.5 Å². The number of amides is 1. The minimum Gasteiger partial charge on any atom is -0.480 e. The van der Waals surface area contributed by atoms with Crippen molar-refractivity contribution in [1.82, 2.24) is 4.90 Å². The molecule has 16 heavy (non-hydrogen) atoms. The number of nitrogens with zero attached hydrogens (tertiary/aromatic N) is 1. The molecule has 0 aromatic heterocycles. The third-order valence-corrected chi connectivity index (χ3v) is 4.24. The Morgan fingerprint density at radius 3 is 2.50 bits per heavy atom. The molecule has 1 spiro atoms. The van der Waals surface area contributed by atoms with Crippen LogP contribution in [0.4, 0.5) is 0 Å². The molecule has 1 amide bonds. The van der Waals surface area contributed by atoms with Crippen LogP contribution in [0.5, 0.6) is 0 Å². The van der Waals surface area contributed by atoms with E-state index >= 15 is 0 Å². The van der Waals surface area contributed by atoms with Gasteiger partial charge in [0.15, 0.2) is 0 Å². The summed E-state index contributed by atoms with van der Waals surface area (Å²) in [5, 5.41) is 8.87. The lowest BCUT2D eigenvalue weighted by Crippen LogP contribution is -2.66. The Morgan fingerprint density at radius 1 is 1.50 bits per heavy atom. The highest BCUT2D eigenvalue weighted by atomic mass is 16.4. The number of carbonyl (C=O) groups excluding carboxylic acids is 1. The Hall–Kier alpha value is -1.06. The van der Waals surface area contributed by atoms with Crippen LogP contribution < -0.4 is 0 Å². The topological polar surface area (TPSA) is 57.6 Å². The molecule has 4 nitrogen and oxygen atoms in total. The minimum absolute atomic E-state index is 0.0642. The number of carboxylic acid groups (broad SMARTS) is 1. The first kappa shape index (κ1) is 11.4. The Kier molecular flexibility index (Phi) is 2.68. The fourth-order valence-corrected chi connectivity index (χ4v) is 2.81. The molecule has 1 saturated carbocycles. The molecule has 0 radical (unpaired) electrons. The first-order chi connectivity index (χ1) is 7.46. The second kappa shape index (κ2) is 3.75. The lowest BCUT2D eigenvalue weighted by molar-refractivity contribution is -0.174. The number of carboxylic acids is 1. The third-order valence-electron chi connectivity index (χ3n) is 4.24. The molecule has 2 aliphatic rings. The molecule has 1 aliphatic heterocycles. The average Bonchev–Trinajstić information content (AvgIpc) is 2.26. The van der Waals surface area contributed by atoms with Gasteiger partial charge in [-0.15, -0.1) is 0 Å². The van der Waals surface area contributed by atoms with Gasteiger partial charge in [-0.1, -0.05) is 6.92 Å². The molecule has 0 bridgehead atoms. The van der Waals surface area contributed by atoms with Crippen molar-refractivity contribution in [3.63, 3.8) is 0 Å². The number of β-lactam (4-membered cyclic amide) rings is 1. The predicted octanol–water partition coefficient (Wildman–Crippen LogP) is 1.50. The van der Waals surface area contributed by atoms with Crippen molar-refractivity contribution in [3.8, 4) is 0 Å². The van der Waals surface area contributed by atoms with E-state index in [-0.39, 0.29) is 11.3 Å². The molecular formula is C12H19NO3. The highest BCUT2D eigenvalue weighted by Crippen LogP contribution is 2.47. The fraction of sp³-hybridized carbons (Fsp3) is 0.833. The number of rotatable bonds is 2. The summed E-state index contributed by atoms with van der Waals surface area (Å²) in [6.07, 6.45) is 4.08. The van der Waals surface area contributed by atoms with Crippen LogP contribution in [0.15, 0.2) is 0 Å². The Labute approximate surface area is 95.6 Å². The van der Waals surface area contributed by atoms with E-state index in [9.17, 15) is 9.59 Å². The van der Waals surface area contributed by atoms with Crippen LogP contribution in [-0.2, 0) is 9.59 Å². The molecule has 4 heteroatoms. The normalized spacial score (nSPS) is 36.0. The van der Waals surface area contributed by atoms with Gasteiger partial charge in [-0.05, 0) is 38.5 Å². The van der Waals surface area contributed by atoms with E-state index in [1.54, 1.807) is 6.92 Å². The number of carbonyl (C=O) groups is 2. The summed E-state index contributed by atoms with van der Waals surface area (Å²) < 4.78 is 0. The highest BCUT2D eigenvalue weighted by Gasteiger charge is 2.54. The van der Waals surface area contributed by atoms with E-state index < -0.39 is 12.0 Å². The molecular weight excluding hydrogens is 206 g/mol. The predicted molar refractivity (Wildman–Crippen MR) is 58.9 cm³/mol. The van der Waals surface area contributed by atoms with Gasteiger partial charge in [0.1, 0.15) is 6.04 Å². The molecule has 1 unspecified atom stereocenters. The van der Waals surface area contributed by atoms with Gasteiger partial charge in [0.05, 0.1) is 5.41 Å². The van der Waals surface area contributed by atoms with Gasteiger partial charge in [0, 0.05) is 6.54 Å². The Morgan fingerprint density at radius 2 is 2.06 bits per heavy atom. The van der Waals surface area contributed by atoms with E-state index in [4.69, 9.17) is 5.11 Å². The largest absolute Gasteiger partial charge is 0.480 e. The number of aliphatic carboxylic acids is 1. The maximum atomic E-state index is 12.1. The third kappa shape index (κ3) is 1.60. The van der Waals surface area contributed by atoms with Gasteiger partial charge in [-0.2, -0.15) is 0 Å². The highest BCUT2D eigenvalue weighted by molar-refractivity contribution is 5.92. The number of hydrogen-bond donors (Lipinski definition) is 1. The zero-order valence-electron chi connectivity index (χ0n) is 9.90. The van der Waals surface area contributed by atoms with Gasteiger partial charge >= 0.3 is 5.97 Å². The smallest absolute Gasteiger partial charge is 0.326 e. The van der Waals surface area contributed by atoms with Crippen LogP contribution in [0.1, 0.15) is 39.5 Å². The summed E-state index contributed by atoms with van der Waals surface area (Å²) >= 11 is 0. The molecule has 1 heterocycles. The zero-order valence-corrected chi connectivity index (χ0v) is 9.90. The van der Waals surface area contributed by atoms with Crippen molar-refractivity contribution in [2.45, 2.75) is 45.6 Å². The lowest BCUT2D eigenvalue weighted by atomic mass is 9.65. The van der Waals surface area contributed by atoms with Gasteiger partial charge in [-0.3, -0.25) is 4.79 Å². The molecule has 1 N–H and O–H groups in total. The maximum absolute atomic E-state index is 12.1. The van der Waals surface area contributed by atoms with Crippen LogP contribution in [0.2, 0.25) is 0 Å². The van der Waals surface area contributed by atoms with E-state index in [1.165, 1.54) is 4.90 Å². The number of hydrogen-bond acceptors (Lipinski definition) is 2. The monoisotopic (exact) mass is 225 g/mol. The van der Waals surface area contributed by atoms with Gasteiger partial charge in [-0.25, -0.2) is 4.79 Å². The maximum Gasteiger partial charge on any atom is 0.326 e.